The zero-order chi connectivity index (χ0) is 18.8. The molecule has 0 rings (SSSR count). The quantitative estimate of drug-likeness (QED) is 0.185. The molecule has 8 nitrogen and oxygen atoms in total. The van der Waals surface area contributed by atoms with Crippen molar-refractivity contribution in [2.75, 3.05) is 50.3 Å². The third-order valence-corrected chi connectivity index (χ3v) is 7.02. The Balaban J connectivity index is 0. The molecule has 0 bridgehead atoms. The molecule has 2 unspecified atom stereocenters. The van der Waals surface area contributed by atoms with Crippen LogP contribution in [0.4, 0.5) is 0 Å². The number of carbonyl (C=O) groups is 2. The molecular weight excluding hydrogens is 392 g/mol. The molecule has 0 saturated carbocycles. The van der Waals surface area contributed by atoms with Crippen molar-refractivity contribution in [3.63, 3.8) is 0 Å². The molecule has 0 radical (unpaired) electrons. The van der Waals surface area contributed by atoms with Gasteiger partial charge in [0.2, 0.25) is 0 Å². The fourth-order valence-corrected chi connectivity index (χ4v) is 4.82. The van der Waals surface area contributed by atoms with E-state index in [0.29, 0.717) is 11.5 Å². The third-order valence-electron chi connectivity index (χ3n) is 2.07. The number of rotatable bonds is 12. The molecule has 2 atom stereocenters. The maximum atomic E-state index is 10.9. The van der Waals surface area contributed by atoms with Crippen molar-refractivity contribution in [2.24, 2.45) is 22.9 Å². The second-order valence-corrected chi connectivity index (χ2v) is 9.30. The Morgan fingerprint density at radius 1 is 0.792 bits per heavy atom. The molecule has 0 aromatic carbocycles. The van der Waals surface area contributed by atoms with Crippen LogP contribution in [0.25, 0.3) is 0 Å². The van der Waals surface area contributed by atoms with Gasteiger partial charge in [-0.25, -0.2) is 0 Å². The first-order valence-electron chi connectivity index (χ1n) is 7.00. The van der Waals surface area contributed by atoms with Gasteiger partial charge in [-0.15, -0.1) is 0 Å². The molecule has 0 aromatic rings. The first kappa shape index (κ1) is 26.4. The van der Waals surface area contributed by atoms with E-state index in [0.717, 1.165) is 24.6 Å². The van der Waals surface area contributed by atoms with Gasteiger partial charge in [-0.1, -0.05) is 43.2 Å². The predicted octanol–water partition coefficient (Wildman–Crippen LogP) is -0.346. The van der Waals surface area contributed by atoms with Gasteiger partial charge in [-0.2, -0.15) is 0 Å². The van der Waals surface area contributed by atoms with E-state index in [1.165, 1.54) is 35.8 Å². The standard InChI is InChI=1S/C8H16N2O4S2.C4H12N2S2/c1-13-7(11)5(9)3-15-16-4-6(10)8(12)14-2;5-1-3-7-8-4-2-6/h5-6H,3-4,9-10H2,1-2H3;1-6H2. The summed E-state index contributed by atoms with van der Waals surface area (Å²) < 4.78 is 8.92. The van der Waals surface area contributed by atoms with Crippen molar-refractivity contribution in [1.29, 1.82) is 0 Å². The number of ether oxygens (including phenoxy) is 2. The molecule has 8 N–H and O–H groups in total. The summed E-state index contributed by atoms with van der Waals surface area (Å²) in [6.07, 6.45) is 0. The van der Waals surface area contributed by atoms with E-state index in [-0.39, 0.29) is 0 Å². The summed E-state index contributed by atoms with van der Waals surface area (Å²) in [5.41, 5.74) is 21.5. The van der Waals surface area contributed by atoms with Crippen molar-refractivity contribution >= 4 is 55.1 Å². The van der Waals surface area contributed by atoms with Gasteiger partial charge >= 0.3 is 11.9 Å². The summed E-state index contributed by atoms with van der Waals surface area (Å²) in [6.45, 7) is 1.53. The molecule has 12 heteroatoms. The van der Waals surface area contributed by atoms with Gasteiger partial charge in [0, 0.05) is 36.1 Å². The number of carbonyl (C=O) groups excluding carboxylic acids is 2. The topological polar surface area (TPSA) is 157 Å². The fraction of sp³-hybridized carbons (Fsp3) is 0.833. The fourth-order valence-electron chi connectivity index (χ4n) is 0.896. The number of nitrogens with two attached hydrogens (primary N) is 4. The lowest BCUT2D eigenvalue weighted by atomic mass is 10.4. The van der Waals surface area contributed by atoms with Crippen molar-refractivity contribution < 1.29 is 19.1 Å². The van der Waals surface area contributed by atoms with E-state index in [1.807, 2.05) is 0 Å². The summed E-state index contributed by atoms with van der Waals surface area (Å²) in [7, 11) is 8.88. The zero-order valence-electron chi connectivity index (χ0n) is 14.0. The van der Waals surface area contributed by atoms with Gasteiger partial charge in [0.25, 0.3) is 0 Å². The van der Waals surface area contributed by atoms with E-state index >= 15 is 0 Å². The summed E-state index contributed by atoms with van der Waals surface area (Å²) in [6, 6.07) is -1.31. The summed E-state index contributed by atoms with van der Waals surface area (Å²) in [5.74, 6) is 1.97. The SMILES string of the molecule is COC(=O)C(N)CSSCC(N)C(=O)OC.NCCSSCCN. The molecule has 0 aromatic heterocycles. The number of hydrogen-bond donors (Lipinski definition) is 4. The molecule has 0 aliphatic rings. The number of methoxy groups -OCH3 is 2. The average molecular weight is 421 g/mol. The average Bonchev–Trinajstić information content (AvgIpc) is 2.61. The van der Waals surface area contributed by atoms with Crippen LogP contribution in [0.2, 0.25) is 0 Å². The second-order valence-electron chi connectivity index (χ2n) is 4.05. The molecule has 0 amide bonds. The number of hydrogen-bond acceptors (Lipinski definition) is 12. The molecule has 0 heterocycles. The van der Waals surface area contributed by atoms with E-state index < -0.39 is 24.0 Å². The Bertz CT molecular complexity index is 299. The van der Waals surface area contributed by atoms with Gasteiger partial charge in [0.05, 0.1) is 14.2 Å². The highest BCUT2D eigenvalue weighted by Gasteiger charge is 2.16. The third kappa shape index (κ3) is 17.0. The van der Waals surface area contributed by atoms with Crippen LogP contribution in [-0.2, 0) is 19.1 Å². The molecule has 0 aliphatic carbocycles. The van der Waals surface area contributed by atoms with E-state index in [1.54, 1.807) is 21.6 Å². The molecule has 24 heavy (non-hydrogen) atoms. The molecule has 144 valence electrons. The Morgan fingerprint density at radius 3 is 1.38 bits per heavy atom. The highest BCUT2D eigenvalue weighted by atomic mass is 33.1. The Labute approximate surface area is 159 Å². The van der Waals surface area contributed by atoms with E-state index in [9.17, 15) is 9.59 Å². The zero-order valence-corrected chi connectivity index (χ0v) is 17.2. The maximum absolute atomic E-state index is 10.9. The molecular formula is C12H28N4O4S4. The molecule has 0 spiro atoms. The van der Waals surface area contributed by atoms with E-state index in [4.69, 9.17) is 22.9 Å². The number of esters is 2. The van der Waals surface area contributed by atoms with Crippen LogP contribution in [-0.4, -0.2) is 74.3 Å². The summed E-state index contributed by atoms with van der Waals surface area (Å²) in [4.78, 5) is 21.9. The van der Waals surface area contributed by atoms with Crippen molar-refractivity contribution in [3.05, 3.63) is 0 Å². The minimum absolute atomic E-state index is 0.408. The predicted molar refractivity (Wildman–Crippen MR) is 108 cm³/mol. The van der Waals surface area contributed by atoms with Crippen molar-refractivity contribution in [3.8, 4) is 0 Å². The van der Waals surface area contributed by atoms with Gasteiger partial charge < -0.3 is 32.4 Å². The van der Waals surface area contributed by atoms with Crippen LogP contribution in [0.1, 0.15) is 0 Å². The van der Waals surface area contributed by atoms with Gasteiger partial charge in [-0.05, 0) is 0 Å². The van der Waals surface area contributed by atoms with Gasteiger partial charge in [-0.3, -0.25) is 9.59 Å². The smallest absolute Gasteiger partial charge is 0.323 e. The second kappa shape index (κ2) is 19.5. The van der Waals surface area contributed by atoms with Gasteiger partial charge in [0.15, 0.2) is 0 Å². The Hall–Kier alpha value is 0.180. The van der Waals surface area contributed by atoms with Gasteiger partial charge in [0.1, 0.15) is 12.1 Å². The molecule has 0 saturated heterocycles. The van der Waals surface area contributed by atoms with Crippen LogP contribution >= 0.6 is 43.2 Å². The summed E-state index contributed by atoms with van der Waals surface area (Å²) in [5, 5.41) is 0. The first-order chi connectivity index (χ1) is 11.4. The normalized spacial score (nSPS) is 12.6. The Morgan fingerprint density at radius 2 is 1.12 bits per heavy atom. The van der Waals surface area contributed by atoms with Crippen LogP contribution in [0.5, 0.6) is 0 Å². The molecule has 0 aliphatic heterocycles. The minimum atomic E-state index is -0.656. The van der Waals surface area contributed by atoms with E-state index in [2.05, 4.69) is 9.47 Å². The largest absolute Gasteiger partial charge is 0.468 e. The minimum Gasteiger partial charge on any atom is -0.468 e. The summed E-state index contributed by atoms with van der Waals surface area (Å²) >= 11 is 0. The first-order valence-corrected chi connectivity index (χ1v) is 12.0. The maximum Gasteiger partial charge on any atom is 0.323 e. The molecule has 0 fully saturated rings. The lowest BCUT2D eigenvalue weighted by molar-refractivity contribution is -0.142. The Kier molecular flexibility index (Phi) is 21.5. The van der Waals surface area contributed by atoms with Crippen molar-refractivity contribution in [1.82, 2.24) is 0 Å². The highest BCUT2D eigenvalue weighted by Crippen LogP contribution is 2.22. The van der Waals surface area contributed by atoms with Crippen LogP contribution in [0.3, 0.4) is 0 Å². The van der Waals surface area contributed by atoms with Crippen LogP contribution < -0.4 is 22.9 Å². The van der Waals surface area contributed by atoms with Crippen molar-refractivity contribution in [2.45, 2.75) is 12.1 Å². The van der Waals surface area contributed by atoms with Crippen LogP contribution in [0.15, 0.2) is 0 Å². The lowest BCUT2D eigenvalue weighted by Crippen LogP contribution is -2.34. The lowest BCUT2D eigenvalue weighted by Gasteiger charge is -2.10. The monoisotopic (exact) mass is 420 g/mol. The van der Waals surface area contributed by atoms with Crippen LogP contribution in [0, 0.1) is 0 Å². The highest BCUT2D eigenvalue weighted by molar-refractivity contribution is 8.77.